The molecule has 64 heavy (non-hydrogen) atoms. The fraction of sp³-hybridized carbons (Fsp3) is 0.691. The normalized spacial score (nSPS) is 20.9. The number of carbonyl (C=O) groups excluding carboxylic acids is 1. The predicted octanol–water partition coefficient (Wildman–Crippen LogP) is 11.7. The van der Waals surface area contributed by atoms with Gasteiger partial charge in [0.25, 0.3) is 0 Å². The predicted molar refractivity (Wildman–Crippen MR) is 267 cm³/mol. The minimum Gasteiger partial charge on any atom is -0.394 e. The van der Waals surface area contributed by atoms with E-state index in [-0.39, 0.29) is 12.5 Å². The molecule has 7 unspecified atom stereocenters. The van der Waals surface area contributed by atoms with Gasteiger partial charge in [0.1, 0.15) is 24.4 Å². The van der Waals surface area contributed by atoms with E-state index in [9.17, 15) is 30.3 Å². The molecule has 7 atom stereocenters. The lowest BCUT2D eigenvalue weighted by Crippen LogP contribution is -2.60. The van der Waals surface area contributed by atoms with Crippen molar-refractivity contribution in [2.24, 2.45) is 0 Å². The van der Waals surface area contributed by atoms with E-state index >= 15 is 0 Å². The Bertz CT molecular complexity index is 1320. The van der Waals surface area contributed by atoms with Gasteiger partial charge in [-0.25, -0.2) is 0 Å². The molecule has 6 N–H and O–H groups in total. The number of allylic oxidation sites excluding steroid dienone is 15. The van der Waals surface area contributed by atoms with Gasteiger partial charge >= 0.3 is 0 Å². The Morgan fingerprint density at radius 3 is 1.50 bits per heavy atom. The molecule has 0 aromatic heterocycles. The van der Waals surface area contributed by atoms with Crippen LogP contribution in [0.15, 0.2) is 97.2 Å². The first-order valence-electron chi connectivity index (χ1n) is 25.5. The van der Waals surface area contributed by atoms with Gasteiger partial charge < -0.3 is 40.3 Å². The largest absolute Gasteiger partial charge is 0.394 e. The molecule has 1 aliphatic heterocycles. The first-order valence-corrected chi connectivity index (χ1v) is 25.5. The molecule has 0 aliphatic carbocycles. The van der Waals surface area contributed by atoms with Gasteiger partial charge in [-0.15, -0.1) is 0 Å². The molecule has 0 spiro atoms. The Hall–Kier alpha value is -2.89. The average molecular weight is 896 g/mol. The number of hydrogen-bond acceptors (Lipinski definition) is 8. The molecule has 1 saturated heterocycles. The van der Waals surface area contributed by atoms with Crippen LogP contribution in [0.5, 0.6) is 0 Å². The molecule has 9 heteroatoms. The van der Waals surface area contributed by atoms with Crippen molar-refractivity contribution in [3.8, 4) is 0 Å². The van der Waals surface area contributed by atoms with Crippen molar-refractivity contribution >= 4 is 5.91 Å². The third-order valence-corrected chi connectivity index (χ3v) is 11.4. The topological polar surface area (TPSA) is 149 Å². The molecular weight excluding hydrogens is 803 g/mol. The van der Waals surface area contributed by atoms with Gasteiger partial charge in [-0.1, -0.05) is 195 Å². The van der Waals surface area contributed by atoms with Crippen molar-refractivity contribution < 1.29 is 39.8 Å². The van der Waals surface area contributed by atoms with Gasteiger partial charge in [-0.2, -0.15) is 0 Å². The number of aliphatic hydroxyl groups excluding tert-OH is 5. The maximum atomic E-state index is 13.0. The Kier molecular flexibility index (Phi) is 40.6. The Balaban J connectivity index is 2.22. The molecule has 1 fully saturated rings. The zero-order valence-corrected chi connectivity index (χ0v) is 40.2. The van der Waals surface area contributed by atoms with Crippen molar-refractivity contribution in [1.82, 2.24) is 5.32 Å². The van der Waals surface area contributed by atoms with E-state index in [1.807, 2.05) is 6.08 Å². The van der Waals surface area contributed by atoms with E-state index < -0.39 is 49.5 Å². The van der Waals surface area contributed by atoms with Crippen molar-refractivity contribution in [3.05, 3.63) is 97.2 Å². The van der Waals surface area contributed by atoms with Crippen LogP contribution in [0.3, 0.4) is 0 Å². The van der Waals surface area contributed by atoms with Gasteiger partial charge in [0, 0.05) is 6.42 Å². The number of unbranched alkanes of at least 4 members (excludes halogenated alkanes) is 17. The van der Waals surface area contributed by atoms with Gasteiger partial charge in [-0.3, -0.25) is 4.79 Å². The molecule has 0 aromatic rings. The maximum absolute atomic E-state index is 13.0. The molecule has 1 rings (SSSR count). The summed E-state index contributed by atoms with van der Waals surface area (Å²) in [4.78, 5) is 13.0. The first kappa shape index (κ1) is 59.1. The number of aliphatic hydroxyl groups is 5. The summed E-state index contributed by atoms with van der Waals surface area (Å²) in [5.41, 5.74) is 0. The second-order valence-corrected chi connectivity index (χ2v) is 17.2. The highest BCUT2D eigenvalue weighted by atomic mass is 16.7. The number of hydrogen-bond donors (Lipinski definition) is 6. The second kappa shape index (κ2) is 44.0. The van der Waals surface area contributed by atoms with E-state index in [1.165, 1.54) is 83.5 Å². The molecule has 0 aromatic carbocycles. The summed E-state index contributed by atoms with van der Waals surface area (Å²) in [6.07, 6.45) is 56.1. The first-order chi connectivity index (χ1) is 31.3. The van der Waals surface area contributed by atoms with Crippen LogP contribution in [0, 0.1) is 0 Å². The standard InChI is InChI=1S/C55H93NO8/c1-3-5-7-9-11-13-15-17-18-19-20-21-22-23-24-25-26-27-28-29-30-31-32-33-35-37-39-41-43-45-51(59)56-48(47-63-55-54(62)53(61)52(60)50(46-57)64-55)49(58)44-42-40-38-36-34-16-14-12-10-8-6-4-2/h5,7,10-13,17-18,20-21,23-24,34,36,42,44,48-50,52-55,57-58,60-62H,3-4,6,8-9,14-16,19,22,25-33,35,37-41,43,45-47H2,1-2H3,(H,56,59)/b7-5-,12-10+,13-11-,18-17-,21-20-,24-23-,36-34+,44-42+. The van der Waals surface area contributed by atoms with Crippen molar-refractivity contribution in [2.45, 2.75) is 230 Å². The smallest absolute Gasteiger partial charge is 0.220 e. The molecule has 9 nitrogen and oxygen atoms in total. The highest BCUT2D eigenvalue weighted by Crippen LogP contribution is 2.22. The van der Waals surface area contributed by atoms with Crippen LogP contribution < -0.4 is 5.32 Å². The van der Waals surface area contributed by atoms with E-state index in [0.717, 1.165) is 83.5 Å². The average Bonchev–Trinajstić information content (AvgIpc) is 3.29. The number of ether oxygens (including phenoxy) is 2. The van der Waals surface area contributed by atoms with E-state index in [1.54, 1.807) is 6.08 Å². The van der Waals surface area contributed by atoms with Crippen LogP contribution in [0.4, 0.5) is 0 Å². The van der Waals surface area contributed by atoms with E-state index in [0.29, 0.717) is 6.42 Å². The number of carbonyl (C=O) groups is 1. The lowest BCUT2D eigenvalue weighted by Gasteiger charge is -2.40. The monoisotopic (exact) mass is 896 g/mol. The van der Waals surface area contributed by atoms with Gasteiger partial charge in [0.15, 0.2) is 6.29 Å². The van der Waals surface area contributed by atoms with Crippen molar-refractivity contribution in [3.63, 3.8) is 0 Å². The number of nitrogens with one attached hydrogen (secondary N) is 1. The molecule has 1 heterocycles. The Labute approximate surface area is 390 Å². The van der Waals surface area contributed by atoms with E-state index in [4.69, 9.17) is 9.47 Å². The summed E-state index contributed by atoms with van der Waals surface area (Å²) in [7, 11) is 0. The number of rotatable bonds is 41. The minimum atomic E-state index is -1.58. The van der Waals surface area contributed by atoms with Crippen LogP contribution in [-0.4, -0.2) is 87.5 Å². The summed E-state index contributed by atoms with van der Waals surface area (Å²) in [5, 5.41) is 54.2. The fourth-order valence-electron chi connectivity index (χ4n) is 7.32. The summed E-state index contributed by atoms with van der Waals surface area (Å²) in [6.45, 7) is 3.57. The fourth-order valence-corrected chi connectivity index (χ4v) is 7.32. The number of amides is 1. The zero-order valence-electron chi connectivity index (χ0n) is 40.2. The van der Waals surface area contributed by atoms with Crippen LogP contribution in [0.25, 0.3) is 0 Å². The minimum absolute atomic E-state index is 0.198. The van der Waals surface area contributed by atoms with Crippen LogP contribution in [0.1, 0.15) is 187 Å². The molecular formula is C55H93NO8. The zero-order chi connectivity index (χ0) is 46.6. The molecule has 1 aliphatic rings. The Morgan fingerprint density at radius 2 is 0.984 bits per heavy atom. The van der Waals surface area contributed by atoms with Crippen LogP contribution in [0.2, 0.25) is 0 Å². The summed E-state index contributed by atoms with van der Waals surface area (Å²) in [6, 6.07) is -0.833. The second-order valence-electron chi connectivity index (χ2n) is 17.2. The summed E-state index contributed by atoms with van der Waals surface area (Å²) in [5.74, 6) is -0.198. The molecule has 0 bridgehead atoms. The highest BCUT2D eigenvalue weighted by molar-refractivity contribution is 5.76. The quantitative estimate of drug-likeness (QED) is 0.0262. The maximum Gasteiger partial charge on any atom is 0.220 e. The molecule has 0 saturated carbocycles. The van der Waals surface area contributed by atoms with Gasteiger partial charge in [-0.05, 0) is 83.5 Å². The van der Waals surface area contributed by atoms with Gasteiger partial charge in [0.05, 0.1) is 25.4 Å². The third kappa shape index (κ3) is 33.6. The lowest BCUT2D eigenvalue weighted by atomic mass is 9.99. The van der Waals surface area contributed by atoms with Crippen molar-refractivity contribution in [2.75, 3.05) is 13.2 Å². The van der Waals surface area contributed by atoms with Crippen LogP contribution >= 0.6 is 0 Å². The third-order valence-electron chi connectivity index (χ3n) is 11.4. The van der Waals surface area contributed by atoms with Crippen molar-refractivity contribution in [1.29, 1.82) is 0 Å². The van der Waals surface area contributed by atoms with E-state index in [2.05, 4.69) is 104 Å². The van der Waals surface area contributed by atoms with Crippen LogP contribution in [-0.2, 0) is 14.3 Å². The SMILES string of the molecule is CC/C=C\C/C=C\C/C=C\C/C=C\C/C=C\CCCCCCCCCCCCCCCC(=O)NC(COC1OC(CO)C(O)C(O)C1O)C(O)/C=C/CC/C=C/CC/C=C/CCCC. The lowest BCUT2D eigenvalue weighted by molar-refractivity contribution is -0.302. The molecule has 0 radical (unpaired) electrons. The highest BCUT2D eigenvalue weighted by Gasteiger charge is 2.44. The summed E-state index contributed by atoms with van der Waals surface area (Å²) < 4.78 is 11.2. The van der Waals surface area contributed by atoms with Gasteiger partial charge in [0.2, 0.25) is 5.91 Å². The summed E-state index contributed by atoms with van der Waals surface area (Å²) >= 11 is 0. The molecule has 1 amide bonds. The Morgan fingerprint density at radius 1 is 0.547 bits per heavy atom. The molecule has 366 valence electrons.